The molecule has 11 heavy (non-hydrogen) atoms. The lowest BCUT2D eigenvalue weighted by atomic mass is 10.1. The average Bonchev–Trinajstić information content (AvgIpc) is 1.97. The van der Waals surface area contributed by atoms with Gasteiger partial charge in [0.15, 0.2) is 0 Å². The Balaban J connectivity index is 3.67. The predicted octanol–water partition coefficient (Wildman–Crippen LogP) is 2.23. The molecule has 1 unspecified atom stereocenters. The number of hydrogen-bond donors (Lipinski definition) is 1. The highest BCUT2D eigenvalue weighted by Gasteiger charge is 1.88. The Morgan fingerprint density at radius 1 is 1.55 bits per heavy atom. The van der Waals surface area contributed by atoms with Gasteiger partial charge in [-0.1, -0.05) is 38.5 Å². The zero-order chi connectivity index (χ0) is 8.69. The zero-order valence-electron chi connectivity index (χ0n) is 6.95. The molecule has 0 fully saturated rings. The number of carbonyl (C=O) groups is 1. The van der Waals surface area contributed by atoms with Crippen molar-refractivity contribution in [3.05, 3.63) is 24.3 Å². The summed E-state index contributed by atoms with van der Waals surface area (Å²) in [6.07, 6.45) is 7.49. The summed E-state index contributed by atoms with van der Waals surface area (Å²) >= 11 is 0. The van der Waals surface area contributed by atoms with Crippen molar-refractivity contribution in [2.45, 2.75) is 20.3 Å². The maximum Gasteiger partial charge on any atom is 0.328 e. The summed E-state index contributed by atoms with van der Waals surface area (Å²) in [5.41, 5.74) is 0. The quantitative estimate of drug-likeness (QED) is 0.498. The molecule has 0 aliphatic rings. The summed E-state index contributed by atoms with van der Waals surface area (Å²) in [7, 11) is 0. The van der Waals surface area contributed by atoms with E-state index in [0.29, 0.717) is 5.92 Å². The topological polar surface area (TPSA) is 37.3 Å². The molecule has 1 N–H and O–H groups in total. The lowest BCUT2D eigenvalue weighted by Gasteiger charge is -1.96. The van der Waals surface area contributed by atoms with E-state index in [2.05, 4.69) is 13.8 Å². The molecule has 0 saturated heterocycles. The van der Waals surface area contributed by atoms with Crippen molar-refractivity contribution in [2.75, 3.05) is 0 Å². The Kier molecular flexibility index (Phi) is 5.17. The van der Waals surface area contributed by atoms with Crippen LogP contribution in [-0.2, 0) is 4.79 Å². The van der Waals surface area contributed by atoms with Gasteiger partial charge in [-0.25, -0.2) is 4.79 Å². The van der Waals surface area contributed by atoms with Crippen LogP contribution in [0.1, 0.15) is 20.3 Å². The Labute approximate surface area is 67.2 Å². The predicted molar refractivity (Wildman–Crippen MR) is 45.4 cm³/mol. The summed E-state index contributed by atoms with van der Waals surface area (Å²) in [5, 5.41) is 8.22. The lowest BCUT2D eigenvalue weighted by Crippen LogP contribution is -1.85. The van der Waals surface area contributed by atoms with Gasteiger partial charge < -0.3 is 5.11 Å². The van der Waals surface area contributed by atoms with Crippen LogP contribution in [0.5, 0.6) is 0 Å². The van der Waals surface area contributed by atoms with Crippen LogP contribution < -0.4 is 0 Å². The van der Waals surface area contributed by atoms with E-state index in [-0.39, 0.29) is 0 Å². The Hall–Kier alpha value is -1.05. The van der Waals surface area contributed by atoms with Crippen molar-refractivity contribution in [3.8, 4) is 0 Å². The number of carboxylic acid groups (broad SMARTS) is 1. The smallest absolute Gasteiger partial charge is 0.328 e. The van der Waals surface area contributed by atoms with Crippen LogP contribution in [0.4, 0.5) is 0 Å². The highest BCUT2D eigenvalue weighted by Crippen LogP contribution is 2.01. The van der Waals surface area contributed by atoms with Gasteiger partial charge in [0.25, 0.3) is 0 Å². The Morgan fingerprint density at radius 3 is 2.64 bits per heavy atom. The molecule has 0 heterocycles. The molecular formula is C9H14O2. The van der Waals surface area contributed by atoms with Gasteiger partial charge in [0.05, 0.1) is 0 Å². The molecule has 0 aliphatic carbocycles. The van der Waals surface area contributed by atoms with Crippen LogP contribution >= 0.6 is 0 Å². The van der Waals surface area contributed by atoms with Gasteiger partial charge in [-0.05, 0) is 5.92 Å². The minimum Gasteiger partial charge on any atom is -0.478 e. The van der Waals surface area contributed by atoms with Crippen LogP contribution in [0.25, 0.3) is 0 Å². The monoisotopic (exact) mass is 154 g/mol. The largest absolute Gasteiger partial charge is 0.478 e. The second-order valence-corrected chi connectivity index (χ2v) is 2.47. The molecule has 0 radical (unpaired) electrons. The molecule has 2 heteroatoms. The van der Waals surface area contributed by atoms with E-state index in [1.807, 2.05) is 6.08 Å². The van der Waals surface area contributed by atoms with Gasteiger partial charge in [-0.3, -0.25) is 0 Å². The Bertz CT molecular complexity index is 168. The third-order valence-electron chi connectivity index (χ3n) is 1.43. The first-order valence-corrected chi connectivity index (χ1v) is 3.74. The van der Waals surface area contributed by atoms with Crippen LogP contribution in [-0.4, -0.2) is 11.1 Å². The van der Waals surface area contributed by atoms with Crippen molar-refractivity contribution in [2.24, 2.45) is 5.92 Å². The molecule has 0 spiro atoms. The van der Waals surface area contributed by atoms with Gasteiger partial charge in [-0.2, -0.15) is 0 Å². The fourth-order valence-corrected chi connectivity index (χ4v) is 0.528. The fourth-order valence-electron chi connectivity index (χ4n) is 0.528. The molecule has 0 saturated carbocycles. The number of aliphatic carboxylic acids is 1. The SMILES string of the molecule is CCC(C)C=CC=CC(=O)O. The number of allylic oxidation sites excluding steroid dienone is 3. The molecule has 2 nitrogen and oxygen atoms in total. The Morgan fingerprint density at radius 2 is 2.18 bits per heavy atom. The van der Waals surface area contributed by atoms with Crippen molar-refractivity contribution >= 4 is 5.97 Å². The number of hydrogen-bond acceptors (Lipinski definition) is 1. The van der Waals surface area contributed by atoms with E-state index in [4.69, 9.17) is 5.11 Å². The second-order valence-electron chi connectivity index (χ2n) is 2.47. The summed E-state index contributed by atoms with van der Waals surface area (Å²) in [6, 6.07) is 0. The zero-order valence-corrected chi connectivity index (χ0v) is 6.95. The van der Waals surface area contributed by atoms with E-state index in [9.17, 15) is 4.79 Å². The van der Waals surface area contributed by atoms with Gasteiger partial charge >= 0.3 is 5.97 Å². The van der Waals surface area contributed by atoms with E-state index < -0.39 is 5.97 Å². The van der Waals surface area contributed by atoms with Crippen molar-refractivity contribution < 1.29 is 9.90 Å². The molecule has 0 bridgehead atoms. The van der Waals surface area contributed by atoms with Gasteiger partial charge in [0, 0.05) is 6.08 Å². The van der Waals surface area contributed by atoms with E-state index in [0.717, 1.165) is 12.5 Å². The maximum atomic E-state index is 9.99. The fraction of sp³-hybridized carbons (Fsp3) is 0.444. The van der Waals surface area contributed by atoms with Crippen molar-refractivity contribution in [1.82, 2.24) is 0 Å². The first kappa shape index (κ1) is 9.95. The highest BCUT2D eigenvalue weighted by atomic mass is 16.4. The van der Waals surface area contributed by atoms with Gasteiger partial charge in [0.1, 0.15) is 0 Å². The molecule has 0 aromatic carbocycles. The molecular weight excluding hydrogens is 140 g/mol. The second kappa shape index (κ2) is 5.71. The standard InChI is InChI=1S/C9H14O2/c1-3-8(2)6-4-5-7-9(10)11/h4-8H,3H2,1-2H3,(H,10,11). The van der Waals surface area contributed by atoms with E-state index in [1.165, 1.54) is 6.08 Å². The lowest BCUT2D eigenvalue weighted by molar-refractivity contribution is -0.131. The maximum absolute atomic E-state index is 9.99. The van der Waals surface area contributed by atoms with Crippen LogP contribution in [0.2, 0.25) is 0 Å². The molecule has 0 aromatic rings. The molecule has 0 amide bonds. The highest BCUT2D eigenvalue weighted by molar-refractivity contribution is 5.80. The van der Waals surface area contributed by atoms with E-state index >= 15 is 0 Å². The first-order valence-electron chi connectivity index (χ1n) is 3.74. The van der Waals surface area contributed by atoms with Crippen LogP contribution in [0.15, 0.2) is 24.3 Å². The molecule has 62 valence electrons. The number of rotatable bonds is 4. The third kappa shape index (κ3) is 6.84. The van der Waals surface area contributed by atoms with Crippen LogP contribution in [0, 0.1) is 5.92 Å². The van der Waals surface area contributed by atoms with Crippen LogP contribution in [0.3, 0.4) is 0 Å². The van der Waals surface area contributed by atoms with E-state index in [1.54, 1.807) is 6.08 Å². The first-order chi connectivity index (χ1) is 5.16. The molecule has 0 aliphatic heterocycles. The van der Waals surface area contributed by atoms with Gasteiger partial charge in [-0.15, -0.1) is 0 Å². The summed E-state index contributed by atoms with van der Waals surface area (Å²) in [6.45, 7) is 4.18. The summed E-state index contributed by atoms with van der Waals surface area (Å²) in [4.78, 5) is 9.99. The average molecular weight is 154 g/mol. The summed E-state index contributed by atoms with van der Waals surface area (Å²) in [5.74, 6) is -0.382. The summed E-state index contributed by atoms with van der Waals surface area (Å²) < 4.78 is 0. The molecule has 0 aromatic heterocycles. The third-order valence-corrected chi connectivity index (χ3v) is 1.43. The van der Waals surface area contributed by atoms with Gasteiger partial charge in [0.2, 0.25) is 0 Å². The minimum absolute atomic E-state index is 0.522. The normalized spacial score (nSPS) is 14.4. The molecule has 0 rings (SSSR count). The van der Waals surface area contributed by atoms with Crippen molar-refractivity contribution in [3.63, 3.8) is 0 Å². The van der Waals surface area contributed by atoms with Crippen molar-refractivity contribution in [1.29, 1.82) is 0 Å². The number of carboxylic acids is 1. The molecule has 1 atom stereocenters. The minimum atomic E-state index is -0.904.